The molecule has 0 fully saturated rings. The summed E-state index contributed by atoms with van der Waals surface area (Å²) in [4.78, 5) is 11.8. The Balaban J connectivity index is 2.47. The maximum Gasteiger partial charge on any atom is 0.242 e. The van der Waals surface area contributed by atoms with Crippen LogP contribution in [0.2, 0.25) is 0 Å². The first-order valence-electron chi connectivity index (χ1n) is 6.85. The molecule has 124 valence electrons. The Kier molecular flexibility index (Phi) is 7.46. The van der Waals surface area contributed by atoms with Crippen LogP contribution in [0.15, 0.2) is 29.2 Å². The number of sulfonamides is 1. The Morgan fingerprint density at radius 1 is 1.23 bits per heavy atom. The first-order chi connectivity index (χ1) is 10.4. The monoisotopic (exact) mass is 329 g/mol. The topological polar surface area (TPSA) is 87.7 Å². The highest BCUT2D eigenvalue weighted by Crippen LogP contribution is 2.13. The molecule has 2 N–H and O–H groups in total. The Hall–Kier alpha value is -1.48. The molecule has 0 aliphatic rings. The van der Waals surface area contributed by atoms with Crippen LogP contribution in [-0.4, -0.2) is 59.5 Å². The van der Waals surface area contributed by atoms with Crippen molar-refractivity contribution in [2.45, 2.75) is 11.4 Å². The predicted molar refractivity (Wildman–Crippen MR) is 83.9 cm³/mol. The van der Waals surface area contributed by atoms with E-state index >= 15 is 0 Å². The number of ether oxygens (including phenoxy) is 1. The Morgan fingerprint density at radius 3 is 2.41 bits per heavy atom. The van der Waals surface area contributed by atoms with Gasteiger partial charge in [-0.15, -0.1) is 0 Å². The Labute approximate surface area is 131 Å². The summed E-state index contributed by atoms with van der Waals surface area (Å²) in [6.45, 7) is 1.74. The largest absolute Gasteiger partial charge is 0.383 e. The van der Waals surface area contributed by atoms with Crippen LogP contribution in [0.5, 0.6) is 0 Å². The minimum atomic E-state index is -3.42. The number of amides is 1. The van der Waals surface area contributed by atoms with Crippen LogP contribution < -0.4 is 10.6 Å². The lowest BCUT2D eigenvalue weighted by molar-refractivity contribution is -0.120. The van der Waals surface area contributed by atoms with Gasteiger partial charge in [0.05, 0.1) is 18.0 Å². The maximum atomic E-state index is 11.9. The van der Waals surface area contributed by atoms with E-state index < -0.39 is 10.0 Å². The molecule has 0 aliphatic heterocycles. The van der Waals surface area contributed by atoms with E-state index in [1.54, 1.807) is 19.2 Å². The van der Waals surface area contributed by atoms with Crippen LogP contribution in [0.1, 0.15) is 5.56 Å². The highest BCUT2D eigenvalue weighted by molar-refractivity contribution is 7.89. The van der Waals surface area contributed by atoms with E-state index in [0.29, 0.717) is 19.7 Å². The maximum absolute atomic E-state index is 11.9. The zero-order valence-corrected chi connectivity index (χ0v) is 13.9. The lowest BCUT2D eigenvalue weighted by Gasteiger charge is -2.12. The average Bonchev–Trinajstić information content (AvgIpc) is 2.50. The molecule has 0 unspecified atom stereocenters. The highest BCUT2D eigenvalue weighted by atomic mass is 32.2. The molecular weight excluding hydrogens is 306 g/mol. The normalized spacial score (nSPS) is 11.6. The van der Waals surface area contributed by atoms with Crippen molar-refractivity contribution in [1.29, 1.82) is 0 Å². The summed E-state index contributed by atoms with van der Waals surface area (Å²) in [7, 11) is 1.15. The fraction of sp³-hybridized carbons (Fsp3) is 0.500. The van der Waals surface area contributed by atoms with Crippen LogP contribution in [0.25, 0.3) is 0 Å². The van der Waals surface area contributed by atoms with Gasteiger partial charge in [-0.3, -0.25) is 4.79 Å². The van der Waals surface area contributed by atoms with E-state index in [2.05, 4.69) is 10.6 Å². The second-order valence-corrected chi connectivity index (χ2v) is 7.03. The zero-order valence-electron chi connectivity index (χ0n) is 13.1. The van der Waals surface area contributed by atoms with E-state index in [9.17, 15) is 13.2 Å². The average molecular weight is 329 g/mol. The lowest BCUT2D eigenvalue weighted by atomic mass is 10.2. The Morgan fingerprint density at radius 2 is 1.86 bits per heavy atom. The molecule has 22 heavy (non-hydrogen) atoms. The third-order valence-corrected chi connectivity index (χ3v) is 4.79. The summed E-state index contributed by atoms with van der Waals surface area (Å²) in [5.41, 5.74) is 0.836. The van der Waals surface area contributed by atoms with Crippen molar-refractivity contribution >= 4 is 15.9 Å². The molecule has 0 bridgehead atoms. The number of hydrogen-bond acceptors (Lipinski definition) is 5. The molecule has 7 nitrogen and oxygen atoms in total. The third-order valence-electron chi connectivity index (χ3n) is 2.96. The minimum absolute atomic E-state index is 0.124. The molecule has 1 rings (SSSR count). The second-order valence-electron chi connectivity index (χ2n) is 4.88. The van der Waals surface area contributed by atoms with Gasteiger partial charge in [-0.05, 0) is 17.7 Å². The summed E-state index contributed by atoms with van der Waals surface area (Å²) in [6.07, 6.45) is 0. The number of carbonyl (C=O) groups excluding carboxylic acids is 1. The molecule has 0 spiro atoms. The molecule has 0 saturated heterocycles. The summed E-state index contributed by atoms with van der Waals surface area (Å²) in [5.74, 6) is -0.124. The smallest absolute Gasteiger partial charge is 0.242 e. The van der Waals surface area contributed by atoms with E-state index in [-0.39, 0.29) is 17.3 Å². The third kappa shape index (κ3) is 5.72. The second kappa shape index (κ2) is 8.84. The fourth-order valence-corrected chi connectivity index (χ4v) is 2.53. The van der Waals surface area contributed by atoms with Crippen LogP contribution in [0.4, 0.5) is 0 Å². The van der Waals surface area contributed by atoms with Crippen molar-refractivity contribution in [2.24, 2.45) is 0 Å². The highest BCUT2D eigenvalue weighted by Gasteiger charge is 2.16. The van der Waals surface area contributed by atoms with E-state index in [4.69, 9.17) is 4.74 Å². The van der Waals surface area contributed by atoms with Crippen molar-refractivity contribution in [3.8, 4) is 0 Å². The van der Waals surface area contributed by atoms with Gasteiger partial charge < -0.3 is 15.4 Å². The molecular formula is C14H23N3O4S. The Bertz CT molecular complexity index is 570. The molecule has 0 atom stereocenters. The number of nitrogens with zero attached hydrogens (tertiary/aromatic N) is 1. The number of methoxy groups -OCH3 is 1. The first kappa shape index (κ1) is 18.6. The van der Waals surface area contributed by atoms with Gasteiger partial charge in [-0.25, -0.2) is 12.7 Å². The van der Waals surface area contributed by atoms with Crippen LogP contribution in [0.3, 0.4) is 0 Å². The van der Waals surface area contributed by atoms with Gasteiger partial charge in [-0.1, -0.05) is 12.1 Å². The molecule has 1 aromatic rings. The molecule has 0 heterocycles. The van der Waals surface area contributed by atoms with Gasteiger partial charge in [0.25, 0.3) is 0 Å². The fourth-order valence-electron chi connectivity index (χ4n) is 1.63. The van der Waals surface area contributed by atoms with Crippen molar-refractivity contribution in [1.82, 2.24) is 14.9 Å². The number of rotatable bonds is 9. The number of benzene rings is 1. The van der Waals surface area contributed by atoms with E-state index in [1.807, 2.05) is 0 Å². The SMILES string of the molecule is COCCNCC(=O)NCc1ccc(S(=O)(=O)N(C)C)cc1. The van der Waals surface area contributed by atoms with E-state index in [1.165, 1.54) is 26.2 Å². The van der Waals surface area contributed by atoms with Crippen molar-refractivity contribution in [3.05, 3.63) is 29.8 Å². The van der Waals surface area contributed by atoms with Gasteiger partial charge in [0.1, 0.15) is 0 Å². The van der Waals surface area contributed by atoms with E-state index in [0.717, 1.165) is 9.87 Å². The number of hydrogen-bond donors (Lipinski definition) is 2. The number of carbonyl (C=O) groups is 1. The van der Waals surface area contributed by atoms with Gasteiger partial charge in [0.15, 0.2) is 0 Å². The summed E-state index contributed by atoms with van der Waals surface area (Å²) < 4.78 is 29.9. The standard InChI is InChI=1S/C14H23N3O4S/c1-17(2)22(19,20)13-6-4-12(5-7-13)10-16-14(18)11-15-8-9-21-3/h4-7,15H,8-11H2,1-3H3,(H,16,18). The lowest BCUT2D eigenvalue weighted by Crippen LogP contribution is -2.34. The molecule has 0 radical (unpaired) electrons. The molecule has 1 amide bonds. The van der Waals surface area contributed by atoms with Crippen LogP contribution in [0, 0.1) is 0 Å². The summed E-state index contributed by atoms with van der Waals surface area (Å²) >= 11 is 0. The van der Waals surface area contributed by atoms with Crippen molar-refractivity contribution < 1.29 is 17.9 Å². The summed E-state index contributed by atoms with van der Waals surface area (Å²) in [5, 5.41) is 5.70. The molecule has 0 saturated carbocycles. The molecule has 0 aliphatic carbocycles. The van der Waals surface area contributed by atoms with Crippen molar-refractivity contribution in [2.75, 3.05) is 40.9 Å². The predicted octanol–water partition coefficient (Wildman–Crippen LogP) is -0.211. The summed E-state index contributed by atoms with van der Waals surface area (Å²) in [6, 6.07) is 6.45. The number of nitrogens with one attached hydrogen (secondary N) is 2. The van der Waals surface area contributed by atoms with Gasteiger partial charge >= 0.3 is 0 Å². The van der Waals surface area contributed by atoms with Gasteiger partial charge in [-0.2, -0.15) is 0 Å². The van der Waals surface area contributed by atoms with Crippen molar-refractivity contribution in [3.63, 3.8) is 0 Å². The van der Waals surface area contributed by atoms with Gasteiger partial charge in [0, 0.05) is 34.3 Å². The van der Waals surface area contributed by atoms with Gasteiger partial charge in [0.2, 0.25) is 15.9 Å². The van der Waals surface area contributed by atoms with Crippen LogP contribution >= 0.6 is 0 Å². The molecule has 8 heteroatoms. The quantitative estimate of drug-likeness (QED) is 0.612. The molecule has 0 aromatic heterocycles. The molecule has 1 aromatic carbocycles. The van der Waals surface area contributed by atoms with Crippen LogP contribution in [-0.2, 0) is 26.1 Å². The minimum Gasteiger partial charge on any atom is -0.383 e. The zero-order chi connectivity index (χ0) is 16.6. The first-order valence-corrected chi connectivity index (χ1v) is 8.29.